The molecule has 2 aliphatic carbocycles. The molecule has 4 bridgehead atoms. The lowest BCUT2D eigenvalue weighted by Gasteiger charge is -2.57. The second kappa shape index (κ2) is 15.1. The van der Waals surface area contributed by atoms with Crippen LogP contribution >= 0.6 is 7.82 Å². The van der Waals surface area contributed by atoms with E-state index in [9.17, 15) is 4.57 Å². The van der Waals surface area contributed by atoms with E-state index in [4.69, 9.17) is 52.1 Å². The van der Waals surface area contributed by atoms with Crippen LogP contribution in [0.1, 0.15) is 92.9 Å². The number of hydrogen-bond acceptors (Lipinski definition) is 12. The molecule has 10 aliphatic rings. The molecule has 10 rings (SSSR count). The summed E-state index contributed by atoms with van der Waals surface area (Å²) in [7, 11) is -5.16. The molecule has 59 heavy (non-hydrogen) atoms. The first-order valence-electron chi connectivity index (χ1n) is 20.3. The summed E-state index contributed by atoms with van der Waals surface area (Å²) in [5, 5.41) is 0. The minimum Gasteiger partial charge on any atom is -0.456 e. The number of hydrogen-bond donors (Lipinski definition) is 0. The Hall–Kier alpha value is -2.41. The maximum Gasteiger partial charge on any atom is 0.530 e. The number of phosphoric acid groups is 1. The lowest BCUT2D eigenvalue weighted by atomic mass is 9.59. The molecule has 8 fully saturated rings. The van der Waals surface area contributed by atoms with Crippen LogP contribution in [0.5, 0.6) is 0 Å². The number of ether oxygens (including phenoxy) is 4. The van der Waals surface area contributed by atoms with E-state index >= 15 is 26.3 Å². The van der Waals surface area contributed by atoms with Gasteiger partial charge in [-0.2, -0.15) is 26.3 Å². The molecule has 0 amide bonds. The van der Waals surface area contributed by atoms with Crippen molar-refractivity contribution in [3.8, 4) is 0 Å². The fourth-order valence-electron chi connectivity index (χ4n) is 10.8. The molecule has 8 aliphatic heterocycles. The second-order valence-electron chi connectivity index (χ2n) is 17.3. The van der Waals surface area contributed by atoms with Crippen LogP contribution in [0.3, 0.4) is 0 Å². The van der Waals surface area contributed by atoms with Gasteiger partial charge in [-0.15, -0.1) is 0 Å². The molecular weight excluding hydrogens is 817 g/mol. The topological polar surface area (TPSA) is 119 Å². The minimum atomic E-state index is -5.16. The van der Waals surface area contributed by atoms with E-state index in [-0.39, 0.29) is 42.3 Å². The predicted octanol–water partition coefficient (Wildman–Crippen LogP) is 10.3. The van der Waals surface area contributed by atoms with Crippen molar-refractivity contribution >= 4 is 7.82 Å². The van der Waals surface area contributed by atoms with Crippen LogP contribution in [-0.4, -0.2) is 60.9 Å². The van der Waals surface area contributed by atoms with Crippen molar-refractivity contribution in [3.05, 3.63) is 58.8 Å². The molecule has 2 spiro atoms. The monoisotopic (exact) mass is 868 g/mol. The zero-order valence-electron chi connectivity index (χ0n) is 33.7. The molecule has 19 heteroatoms. The fourth-order valence-corrected chi connectivity index (χ4v) is 11.9. The largest absolute Gasteiger partial charge is 0.530 e. The lowest BCUT2D eigenvalue weighted by molar-refractivity contribution is -0.557. The molecule has 12 nitrogen and oxygen atoms in total. The summed E-state index contributed by atoms with van der Waals surface area (Å²) in [6.45, 7) is 8.37. The molecule has 0 aromatic rings. The van der Waals surface area contributed by atoms with Gasteiger partial charge < -0.3 is 23.5 Å². The normalized spacial score (nSPS) is 43.2. The highest BCUT2D eigenvalue weighted by Crippen LogP contribution is 2.65. The van der Waals surface area contributed by atoms with Crippen LogP contribution in [-0.2, 0) is 56.6 Å². The number of allylic oxidation sites excluding steroid dienone is 7. The summed E-state index contributed by atoms with van der Waals surface area (Å²) in [5.74, 6) is -8.52. The van der Waals surface area contributed by atoms with E-state index in [2.05, 4.69) is 0 Å². The molecule has 330 valence electrons. The Kier molecular flexibility index (Phi) is 11.1. The van der Waals surface area contributed by atoms with Crippen molar-refractivity contribution in [1.82, 2.24) is 0 Å². The highest BCUT2D eigenvalue weighted by molar-refractivity contribution is 7.48. The van der Waals surface area contributed by atoms with E-state index < -0.39 is 103 Å². The number of phosphoric ester groups is 1. The summed E-state index contributed by atoms with van der Waals surface area (Å²) in [4.78, 5) is 23.6. The summed E-state index contributed by atoms with van der Waals surface area (Å²) in [6.07, 6.45) is -2.65. The molecule has 2 unspecified atom stereocenters. The van der Waals surface area contributed by atoms with Gasteiger partial charge in [-0.05, 0) is 90.2 Å². The SMILES string of the molecule is C\C=C/C=C(\C=C/C)OP(=O)(OCC1=C(C(F)(F)F)O[C@@H]2O[C@]3(C)CCC4[C@H](C)CC[C@@H]1[C@]42OO3)OCC1=C(C(F)(F)F)O[C@@H]2O[C@]3(C)CCC4[C@H](C)CC[C@@H]1[C@]42OO3. The smallest absolute Gasteiger partial charge is 0.456 e. The van der Waals surface area contributed by atoms with Crippen LogP contribution in [0.4, 0.5) is 26.3 Å². The third-order valence-electron chi connectivity index (χ3n) is 13.6. The Morgan fingerprint density at radius 1 is 0.712 bits per heavy atom. The average Bonchev–Trinajstić information content (AvgIpc) is 3.54. The number of alkyl halides is 6. The minimum absolute atomic E-state index is 0.0149. The number of rotatable bonds is 10. The van der Waals surface area contributed by atoms with Gasteiger partial charge in [-0.25, -0.2) is 24.1 Å². The van der Waals surface area contributed by atoms with Crippen LogP contribution in [0, 0.1) is 35.5 Å². The Bertz CT molecular complexity index is 1760. The molecule has 2 saturated carbocycles. The molecule has 0 aromatic heterocycles. The Balaban J connectivity index is 1.17. The molecule has 0 N–H and O–H groups in total. The van der Waals surface area contributed by atoms with Crippen molar-refractivity contribution in [1.29, 1.82) is 0 Å². The third-order valence-corrected chi connectivity index (χ3v) is 14.9. The highest BCUT2D eigenvalue weighted by Gasteiger charge is 2.72. The molecule has 12 atom stereocenters. The van der Waals surface area contributed by atoms with Gasteiger partial charge in [0.15, 0.2) is 11.2 Å². The van der Waals surface area contributed by atoms with Gasteiger partial charge in [0, 0.05) is 47.7 Å². The van der Waals surface area contributed by atoms with Crippen LogP contribution in [0.15, 0.2) is 58.8 Å². The van der Waals surface area contributed by atoms with Gasteiger partial charge in [0.05, 0.1) is 13.2 Å². The number of fused-ring (bicyclic) bond motifs is 4. The average molecular weight is 869 g/mol. The van der Waals surface area contributed by atoms with Crippen LogP contribution in [0.25, 0.3) is 0 Å². The summed E-state index contributed by atoms with van der Waals surface area (Å²) < 4.78 is 146. The van der Waals surface area contributed by atoms with Crippen molar-refractivity contribution in [2.45, 2.75) is 141 Å². The summed E-state index contributed by atoms with van der Waals surface area (Å²) in [5.41, 5.74) is -3.95. The van der Waals surface area contributed by atoms with Crippen molar-refractivity contribution in [3.63, 3.8) is 0 Å². The van der Waals surface area contributed by atoms with Gasteiger partial charge in [0.2, 0.25) is 35.7 Å². The summed E-state index contributed by atoms with van der Waals surface area (Å²) >= 11 is 0. The first-order chi connectivity index (χ1) is 27.7. The maximum absolute atomic E-state index is 15.0. The standard InChI is InChI=1S/C40H51F6O12P/c1-7-9-11-24(10-8-2)54-59(47,48-20-25-29-14-12-22(3)27-16-18-35(5)52-33(37(27,29)57-55-35)50-31(25)39(41,42)43)49-21-26-30-15-13-23(4)28-17-19-36(6)53-34(38(28,30)58-56-36)51-32(26)40(44,45)46/h7-11,22-23,27-30,33-34H,12-21H2,1-6H3/b9-7-,10-8-,24-11+/t22-,23-,27?,28?,29+,30+,33-,34-,35+,36+,37-,38-,59?/m1/s1. The van der Waals surface area contributed by atoms with Gasteiger partial charge in [-0.1, -0.05) is 32.1 Å². The molecule has 0 aromatic carbocycles. The van der Waals surface area contributed by atoms with E-state index in [1.54, 1.807) is 33.8 Å². The van der Waals surface area contributed by atoms with Gasteiger partial charge >= 0.3 is 20.2 Å². The Morgan fingerprint density at radius 3 is 1.58 bits per heavy atom. The van der Waals surface area contributed by atoms with Crippen molar-refractivity contribution < 1.29 is 83.0 Å². The number of halogens is 6. The first kappa shape index (κ1) is 43.2. The molecule has 8 heterocycles. The molecule has 6 saturated heterocycles. The molecule has 0 radical (unpaired) electrons. The van der Waals surface area contributed by atoms with E-state index in [1.807, 2.05) is 13.8 Å². The van der Waals surface area contributed by atoms with Crippen molar-refractivity contribution in [2.24, 2.45) is 35.5 Å². The highest BCUT2D eigenvalue weighted by atomic mass is 31.2. The zero-order chi connectivity index (χ0) is 42.4. The third kappa shape index (κ3) is 7.33. The summed E-state index contributed by atoms with van der Waals surface area (Å²) in [6, 6.07) is 0. The zero-order valence-corrected chi connectivity index (χ0v) is 34.6. The van der Waals surface area contributed by atoms with E-state index in [1.165, 1.54) is 24.3 Å². The van der Waals surface area contributed by atoms with E-state index in [0.29, 0.717) is 38.5 Å². The predicted molar refractivity (Wildman–Crippen MR) is 192 cm³/mol. The Morgan fingerprint density at radius 2 is 1.17 bits per heavy atom. The van der Waals surface area contributed by atoms with Crippen LogP contribution < -0.4 is 0 Å². The van der Waals surface area contributed by atoms with Gasteiger partial charge in [0.25, 0.3) is 0 Å². The van der Waals surface area contributed by atoms with E-state index in [0.717, 1.165) is 0 Å². The van der Waals surface area contributed by atoms with Gasteiger partial charge in [-0.3, -0.25) is 9.05 Å². The maximum atomic E-state index is 15.0. The van der Waals surface area contributed by atoms with Crippen LogP contribution in [0.2, 0.25) is 0 Å². The van der Waals surface area contributed by atoms with Crippen molar-refractivity contribution in [2.75, 3.05) is 13.2 Å². The van der Waals surface area contributed by atoms with Gasteiger partial charge in [0.1, 0.15) is 5.76 Å². The first-order valence-corrected chi connectivity index (χ1v) is 21.7. The molecular formula is C40H51F6O12P. The Labute approximate surface area is 338 Å². The lowest BCUT2D eigenvalue weighted by Crippen LogP contribution is -2.67. The fraction of sp³-hybridized carbons (Fsp3) is 0.750. The second-order valence-corrected chi connectivity index (χ2v) is 18.9. The quantitative estimate of drug-likeness (QED) is 0.0684.